The standard InChI is InChI=1S/C21H22N6O.C4H7NO/c1-4-15-13-19(28)26(3)20-18(15)14-22-21(24-20)23-16-5-7-17(8-6-16)27-11-9-25(2)10-12-27;6-4-2-1-3-5-4/h1,5-8,13-14H,9-12H2,2-3H3,(H,22,23,24);1-3H2,(H,5,6). The number of likely N-dealkylation sites (N-methyl/N-ethyl adjacent to an activating group) is 1. The third kappa shape index (κ3) is 5.35. The number of amides is 1. The first kappa shape index (κ1) is 23.3. The van der Waals surface area contributed by atoms with Gasteiger partial charge in [0.2, 0.25) is 11.9 Å². The summed E-state index contributed by atoms with van der Waals surface area (Å²) in [6, 6.07) is 9.65. The normalized spacial score (nSPS) is 15.9. The number of carbonyl (C=O) groups is 1. The van der Waals surface area contributed by atoms with Crippen LogP contribution in [-0.2, 0) is 11.8 Å². The molecule has 0 atom stereocenters. The molecule has 0 aliphatic carbocycles. The van der Waals surface area contributed by atoms with Crippen LogP contribution >= 0.6 is 0 Å². The second kappa shape index (κ2) is 10.4. The first-order valence-electron chi connectivity index (χ1n) is 11.4. The van der Waals surface area contributed by atoms with Gasteiger partial charge in [0, 0.05) is 75.4 Å². The van der Waals surface area contributed by atoms with E-state index in [2.05, 4.69) is 55.5 Å². The summed E-state index contributed by atoms with van der Waals surface area (Å²) in [5.41, 5.74) is 2.91. The van der Waals surface area contributed by atoms with E-state index in [-0.39, 0.29) is 11.5 Å². The van der Waals surface area contributed by atoms with Crippen molar-refractivity contribution in [3.05, 3.63) is 52.4 Å². The molecular formula is C25H29N7O2. The minimum Gasteiger partial charge on any atom is -0.369 e. The van der Waals surface area contributed by atoms with Crippen molar-refractivity contribution in [1.29, 1.82) is 0 Å². The first-order valence-corrected chi connectivity index (χ1v) is 11.4. The molecule has 0 bridgehead atoms. The van der Waals surface area contributed by atoms with E-state index in [9.17, 15) is 9.59 Å². The molecule has 4 heterocycles. The van der Waals surface area contributed by atoms with Crippen LogP contribution in [-0.4, -0.2) is 65.1 Å². The van der Waals surface area contributed by atoms with E-state index in [4.69, 9.17) is 6.42 Å². The summed E-state index contributed by atoms with van der Waals surface area (Å²) in [6.07, 6.45) is 8.92. The van der Waals surface area contributed by atoms with Crippen LogP contribution in [0.1, 0.15) is 18.4 Å². The van der Waals surface area contributed by atoms with Gasteiger partial charge in [0.1, 0.15) is 5.65 Å². The second-order valence-corrected chi connectivity index (χ2v) is 8.45. The molecule has 2 saturated heterocycles. The number of aryl methyl sites for hydroxylation is 1. The van der Waals surface area contributed by atoms with Crippen molar-refractivity contribution in [1.82, 2.24) is 24.8 Å². The molecule has 2 N–H and O–H groups in total. The predicted octanol–water partition coefficient (Wildman–Crippen LogP) is 1.70. The Bertz CT molecular complexity index is 1260. The largest absolute Gasteiger partial charge is 0.369 e. The van der Waals surface area contributed by atoms with Crippen molar-refractivity contribution in [3.8, 4) is 12.3 Å². The van der Waals surface area contributed by atoms with Gasteiger partial charge < -0.3 is 20.4 Å². The number of anilines is 3. The van der Waals surface area contributed by atoms with Crippen LogP contribution in [0.5, 0.6) is 0 Å². The van der Waals surface area contributed by atoms with Gasteiger partial charge in [-0.05, 0) is 37.7 Å². The minimum absolute atomic E-state index is 0.193. The highest BCUT2D eigenvalue weighted by atomic mass is 16.1. The SMILES string of the molecule is C#Cc1cc(=O)n(C)c2nc(Nc3ccc(N4CCN(C)CC4)cc3)ncc12.O=C1CCCN1. The molecule has 2 aromatic heterocycles. The summed E-state index contributed by atoms with van der Waals surface area (Å²) in [5.74, 6) is 3.15. The summed E-state index contributed by atoms with van der Waals surface area (Å²) in [6.45, 7) is 5.09. The molecule has 2 aliphatic rings. The molecule has 34 heavy (non-hydrogen) atoms. The molecule has 9 heteroatoms. The van der Waals surface area contributed by atoms with E-state index in [1.807, 2.05) is 12.1 Å². The maximum absolute atomic E-state index is 12.1. The number of terminal acetylenes is 1. The van der Waals surface area contributed by atoms with Gasteiger partial charge in [0.15, 0.2) is 0 Å². The predicted molar refractivity (Wildman–Crippen MR) is 134 cm³/mol. The Hall–Kier alpha value is -3.90. The number of hydrogen-bond donors (Lipinski definition) is 2. The van der Waals surface area contributed by atoms with Crippen molar-refractivity contribution in [2.45, 2.75) is 12.8 Å². The number of aromatic nitrogens is 3. The number of nitrogens with zero attached hydrogens (tertiary/aromatic N) is 5. The average Bonchev–Trinajstić information content (AvgIpc) is 3.34. The number of piperazine rings is 1. The van der Waals surface area contributed by atoms with Gasteiger partial charge in [-0.2, -0.15) is 4.98 Å². The molecule has 3 aromatic rings. The topological polar surface area (TPSA) is 95.4 Å². The van der Waals surface area contributed by atoms with Gasteiger partial charge in [0.05, 0.1) is 5.39 Å². The summed E-state index contributed by atoms with van der Waals surface area (Å²) in [4.78, 5) is 35.8. The molecule has 0 radical (unpaired) electrons. The lowest BCUT2D eigenvalue weighted by Gasteiger charge is -2.34. The van der Waals surface area contributed by atoms with Crippen molar-refractivity contribution in [2.24, 2.45) is 7.05 Å². The Morgan fingerprint density at radius 3 is 2.41 bits per heavy atom. The van der Waals surface area contributed by atoms with E-state index in [0.29, 0.717) is 22.5 Å². The number of rotatable bonds is 3. The highest BCUT2D eigenvalue weighted by molar-refractivity contribution is 5.82. The van der Waals surface area contributed by atoms with Crippen LogP contribution in [0, 0.1) is 12.3 Å². The molecule has 0 spiro atoms. The Kier molecular flexibility index (Phi) is 7.09. The summed E-state index contributed by atoms with van der Waals surface area (Å²) < 4.78 is 1.47. The zero-order valence-electron chi connectivity index (χ0n) is 19.5. The van der Waals surface area contributed by atoms with Crippen LogP contribution in [0.25, 0.3) is 11.0 Å². The molecular weight excluding hydrogens is 430 g/mol. The van der Waals surface area contributed by atoms with Crippen LogP contribution in [0.2, 0.25) is 0 Å². The van der Waals surface area contributed by atoms with Crippen molar-refractivity contribution in [3.63, 3.8) is 0 Å². The number of nitrogens with one attached hydrogen (secondary N) is 2. The fraction of sp³-hybridized carbons (Fsp3) is 0.360. The van der Waals surface area contributed by atoms with Gasteiger partial charge in [-0.25, -0.2) is 4.98 Å². The van der Waals surface area contributed by atoms with Crippen molar-refractivity contribution >= 4 is 34.3 Å². The van der Waals surface area contributed by atoms with Crippen LogP contribution in [0.15, 0.2) is 41.3 Å². The molecule has 1 amide bonds. The molecule has 9 nitrogen and oxygen atoms in total. The number of hydrogen-bond acceptors (Lipinski definition) is 7. The lowest BCUT2D eigenvalue weighted by Crippen LogP contribution is -2.44. The van der Waals surface area contributed by atoms with E-state index in [0.717, 1.165) is 51.3 Å². The molecule has 2 aliphatic heterocycles. The van der Waals surface area contributed by atoms with Gasteiger partial charge in [0.25, 0.3) is 5.56 Å². The Labute approximate surface area is 198 Å². The third-order valence-electron chi connectivity index (χ3n) is 6.03. The van der Waals surface area contributed by atoms with Crippen molar-refractivity contribution < 1.29 is 4.79 Å². The maximum atomic E-state index is 12.1. The molecule has 5 rings (SSSR count). The van der Waals surface area contributed by atoms with Gasteiger partial charge >= 0.3 is 0 Å². The number of carbonyl (C=O) groups excluding carboxylic acids is 1. The van der Waals surface area contributed by atoms with Crippen LogP contribution < -0.4 is 21.1 Å². The number of pyridine rings is 1. The Balaban J connectivity index is 0.000000398. The smallest absolute Gasteiger partial charge is 0.253 e. The van der Waals surface area contributed by atoms with Crippen LogP contribution in [0.4, 0.5) is 17.3 Å². The van der Waals surface area contributed by atoms with Gasteiger partial charge in [-0.3, -0.25) is 14.2 Å². The summed E-state index contributed by atoms with van der Waals surface area (Å²) in [5, 5.41) is 6.56. The zero-order valence-corrected chi connectivity index (χ0v) is 19.5. The highest BCUT2D eigenvalue weighted by Crippen LogP contribution is 2.22. The van der Waals surface area contributed by atoms with Crippen molar-refractivity contribution in [2.75, 3.05) is 50.0 Å². The van der Waals surface area contributed by atoms with E-state index in [1.165, 1.54) is 16.3 Å². The number of fused-ring (bicyclic) bond motifs is 1. The molecule has 0 unspecified atom stereocenters. The Morgan fingerprint density at radius 2 is 1.82 bits per heavy atom. The van der Waals surface area contributed by atoms with Gasteiger partial charge in [-0.15, -0.1) is 6.42 Å². The zero-order chi connectivity index (χ0) is 24.1. The van der Waals surface area contributed by atoms with Gasteiger partial charge in [-0.1, -0.05) is 5.92 Å². The lowest BCUT2D eigenvalue weighted by atomic mass is 10.2. The quantitative estimate of drug-likeness (QED) is 0.576. The van der Waals surface area contributed by atoms with E-state index < -0.39 is 0 Å². The molecule has 0 saturated carbocycles. The second-order valence-electron chi connectivity index (χ2n) is 8.45. The Morgan fingerprint density at radius 1 is 1.09 bits per heavy atom. The van der Waals surface area contributed by atoms with E-state index >= 15 is 0 Å². The average molecular weight is 460 g/mol. The fourth-order valence-corrected chi connectivity index (χ4v) is 3.92. The lowest BCUT2D eigenvalue weighted by molar-refractivity contribution is -0.119. The summed E-state index contributed by atoms with van der Waals surface area (Å²) >= 11 is 0. The maximum Gasteiger partial charge on any atom is 0.253 e. The molecule has 1 aromatic carbocycles. The first-order chi connectivity index (χ1) is 16.4. The van der Waals surface area contributed by atoms with Crippen LogP contribution in [0.3, 0.4) is 0 Å². The highest BCUT2D eigenvalue weighted by Gasteiger charge is 2.14. The summed E-state index contributed by atoms with van der Waals surface area (Å²) in [7, 11) is 3.82. The minimum atomic E-state index is -0.193. The number of benzene rings is 1. The third-order valence-corrected chi connectivity index (χ3v) is 6.03. The molecule has 2 fully saturated rings. The monoisotopic (exact) mass is 459 g/mol. The van der Waals surface area contributed by atoms with E-state index in [1.54, 1.807) is 13.2 Å². The molecule has 176 valence electrons. The fourth-order valence-electron chi connectivity index (χ4n) is 3.92.